The lowest BCUT2D eigenvalue weighted by Crippen LogP contribution is -2.34. The molecule has 2 amide bonds. The Morgan fingerprint density at radius 1 is 1.03 bits per heavy atom. The maximum absolute atomic E-state index is 12.3. The maximum atomic E-state index is 12.3. The monoisotopic (exact) mass is 454 g/mol. The number of sulfonamides is 1. The molecule has 0 aliphatic rings. The minimum Gasteiger partial charge on any atom is -0.497 e. The van der Waals surface area contributed by atoms with Crippen LogP contribution >= 0.6 is 11.6 Å². The van der Waals surface area contributed by atoms with Gasteiger partial charge in [-0.05, 0) is 42.5 Å². The molecule has 0 saturated carbocycles. The molecular weight excluding hydrogens is 436 g/mol. The van der Waals surface area contributed by atoms with Gasteiger partial charge >= 0.3 is 5.97 Å². The molecule has 0 atom stereocenters. The summed E-state index contributed by atoms with van der Waals surface area (Å²) in [5, 5.41) is 2.01. The van der Waals surface area contributed by atoms with Crippen LogP contribution in [0.2, 0.25) is 5.02 Å². The molecule has 2 aromatic carbocycles. The van der Waals surface area contributed by atoms with Crippen molar-refractivity contribution in [3.63, 3.8) is 0 Å². The third-order valence-corrected chi connectivity index (χ3v) is 6.16. The summed E-state index contributed by atoms with van der Waals surface area (Å²) in [6.45, 7) is -0.737. The number of carbonyl (C=O) groups is 3. The first-order chi connectivity index (χ1) is 14.1. The number of hydrogen-bond acceptors (Lipinski definition) is 7. The number of benzene rings is 2. The van der Waals surface area contributed by atoms with Crippen molar-refractivity contribution in [3.05, 3.63) is 58.6 Å². The van der Waals surface area contributed by atoms with E-state index in [0.717, 1.165) is 10.4 Å². The fourth-order valence-electron chi connectivity index (χ4n) is 2.22. The summed E-state index contributed by atoms with van der Waals surface area (Å²) >= 11 is 5.92. The van der Waals surface area contributed by atoms with Gasteiger partial charge in [-0.15, -0.1) is 0 Å². The molecule has 160 valence electrons. The summed E-state index contributed by atoms with van der Waals surface area (Å²) in [6.07, 6.45) is 0. The highest BCUT2D eigenvalue weighted by Crippen LogP contribution is 2.25. The lowest BCUT2D eigenvalue weighted by atomic mass is 10.2. The number of amides is 2. The fraction of sp³-hybridized carbons (Fsp3) is 0.211. The Balaban J connectivity index is 2.01. The normalized spacial score (nSPS) is 11.1. The second kappa shape index (κ2) is 9.70. The molecule has 2 aromatic rings. The van der Waals surface area contributed by atoms with E-state index in [-0.39, 0.29) is 21.0 Å². The molecule has 0 saturated heterocycles. The third-order valence-electron chi connectivity index (χ3n) is 3.87. The second-order valence-corrected chi connectivity index (χ2v) is 8.64. The topological polar surface area (TPSA) is 119 Å². The molecule has 9 nitrogen and oxygen atoms in total. The Morgan fingerprint density at radius 2 is 1.63 bits per heavy atom. The van der Waals surface area contributed by atoms with Gasteiger partial charge in [0.25, 0.3) is 11.8 Å². The Kier molecular flexibility index (Phi) is 7.54. The van der Waals surface area contributed by atoms with Crippen molar-refractivity contribution in [2.75, 3.05) is 27.8 Å². The van der Waals surface area contributed by atoms with E-state index < -0.39 is 34.4 Å². The molecule has 30 heavy (non-hydrogen) atoms. The molecule has 0 radical (unpaired) electrons. The number of hydrogen-bond donors (Lipinski definition) is 1. The van der Waals surface area contributed by atoms with Crippen LogP contribution in [0.1, 0.15) is 20.7 Å². The van der Waals surface area contributed by atoms with E-state index in [0.29, 0.717) is 5.75 Å². The third kappa shape index (κ3) is 5.56. The second-order valence-electron chi connectivity index (χ2n) is 6.11. The first-order valence-corrected chi connectivity index (χ1v) is 10.3. The molecule has 0 fully saturated rings. The number of nitrogens with one attached hydrogen (secondary N) is 1. The van der Waals surface area contributed by atoms with Crippen LogP contribution in [0.4, 0.5) is 0 Å². The average molecular weight is 455 g/mol. The number of halogens is 1. The van der Waals surface area contributed by atoms with Gasteiger partial charge in [0, 0.05) is 19.7 Å². The molecule has 0 heterocycles. The van der Waals surface area contributed by atoms with Gasteiger partial charge < -0.3 is 9.47 Å². The zero-order valence-corrected chi connectivity index (χ0v) is 17.9. The van der Waals surface area contributed by atoms with E-state index in [2.05, 4.69) is 5.32 Å². The lowest BCUT2D eigenvalue weighted by Gasteiger charge is -2.13. The smallest absolute Gasteiger partial charge is 0.338 e. The Bertz CT molecular complexity index is 1070. The van der Waals surface area contributed by atoms with Crippen LogP contribution in [0.3, 0.4) is 0 Å². The van der Waals surface area contributed by atoms with Gasteiger partial charge in [-0.3, -0.25) is 14.9 Å². The molecule has 0 spiro atoms. The highest BCUT2D eigenvalue weighted by atomic mass is 35.5. The minimum absolute atomic E-state index is 0.0666. The first kappa shape index (κ1) is 23.3. The van der Waals surface area contributed by atoms with Crippen molar-refractivity contribution in [1.29, 1.82) is 0 Å². The Morgan fingerprint density at radius 3 is 2.20 bits per heavy atom. The maximum Gasteiger partial charge on any atom is 0.338 e. The van der Waals surface area contributed by atoms with Gasteiger partial charge in [-0.25, -0.2) is 17.5 Å². The quantitative estimate of drug-likeness (QED) is 0.632. The van der Waals surface area contributed by atoms with E-state index in [1.165, 1.54) is 45.5 Å². The molecule has 0 aliphatic heterocycles. The number of nitrogens with zero attached hydrogens (tertiary/aromatic N) is 1. The van der Waals surface area contributed by atoms with E-state index in [4.69, 9.17) is 21.1 Å². The molecule has 0 bridgehead atoms. The summed E-state index contributed by atoms with van der Waals surface area (Å²) in [6, 6.07) is 9.60. The van der Waals surface area contributed by atoms with Crippen LogP contribution in [0.5, 0.6) is 5.75 Å². The predicted octanol–water partition coefficient (Wildman–Crippen LogP) is 1.71. The van der Waals surface area contributed by atoms with Gasteiger partial charge in [0.15, 0.2) is 6.61 Å². The minimum atomic E-state index is -3.89. The fourth-order valence-corrected chi connectivity index (χ4v) is 3.61. The largest absolute Gasteiger partial charge is 0.497 e. The number of carbonyl (C=O) groups excluding carboxylic acids is 3. The number of esters is 1. The zero-order valence-electron chi connectivity index (χ0n) is 16.3. The number of methoxy groups -OCH3 is 1. The highest BCUT2D eigenvalue weighted by molar-refractivity contribution is 7.89. The zero-order chi connectivity index (χ0) is 22.5. The van der Waals surface area contributed by atoms with Crippen LogP contribution in [0, 0.1) is 0 Å². The van der Waals surface area contributed by atoms with E-state index >= 15 is 0 Å². The van der Waals surface area contributed by atoms with Crippen molar-refractivity contribution in [1.82, 2.24) is 9.62 Å². The summed E-state index contributed by atoms with van der Waals surface area (Å²) < 4.78 is 35.3. The van der Waals surface area contributed by atoms with Crippen molar-refractivity contribution in [2.45, 2.75) is 4.90 Å². The Labute approximate surface area is 178 Å². The predicted molar refractivity (Wildman–Crippen MR) is 108 cm³/mol. The number of rotatable bonds is 7. The van der Waals surface area contributed by atoms with Crippen LogP contribution in [-0.4, -0.2) is 58.3 Å². The summed E-state index contributed by atoms with van der Waals surface area (Å²) in [7, 11) is 0.233. The number of ether oxygens (including phenoxy) is 2. The van der Waals surface area contributed by atoms with Gasteiger partial charge in [0.2, 0.25) is 10.0 Å². The lowest BCUT2D eigenvalue weighted by molar-refractivity contribution is -0.123. The van der Waals surface area contributed by atoms with Crippen molar-refractivity contribution in [3.8, 4) is 5.75 Å². The molecule has 1 N–H and O–H groups in total. The molecular formula is C19H19ClN2O7S. The summed E-state index contributed by atoms with van der Waals surface area (Å²) in [5.41, 5.74) is 0.0980. The number of imide groups is 1. The van der Waals surface area contributed by atoms with Crippen molar-refractivity contribution >= 4 is 39.4 Å². The molecule has 0 aliphatic carbocycles. The van der Waals surface area contributed by atoms with Crippen molar-refractivity contribution in [2.24, 2.45) is 0 Å². The van der Waals surface area contributed by atoms with E-state index in [1.54, 1.807) is 12.1 Å². The van der Waals surface area contributed by atoms with Crippen LogP contribution in [-0.2, 0) is 19.6 Å². The van der Waals surface area contributed by atoms with Crippen LogP contribution in [0.15, 0.2) is 47.4 Å². The Hall–Kier alpha value is -2.95. The standard InChI is InChI=1S/C19H19ClN2O7S/c1-22(2)30(26,27)16-10-13(6-9-15(16)20)19(25)29-11-17(23)21-18(24)12-4-7-14(28-3)8-5-12/h4-10H,11H2,1-3H3,(H,21,23,24). The SMILES string of the molecule is COc1ccc(C(=O)NC(=O)COC(=O)c2ccc(Cl)c(S(=O)(=O)N(C)C)c2)cc1. The molecule has 0 aromatic heterocycles. The summed E-state index contributed by atoms with van der Waals surface area (Å²) in [4.78, 5) is 35.8. The van der Waals surface area contributed by atoms with Crippen LogP contribution < -0.4 is 10.1 Å². The highest BCUT2D eigenvalue weighted by Gasteiger charge is 2.23. The van der Waals surface area contributed by atoms with Gasteiger partial charge in [-0.1, -0.05) is 11.6 Å². The first-order valence-electron chi connectivity index (χ1n) is 8.43. The molecule has 2 rings (SSSR count). The van der Waals surface area contributed by atoms with Crippen molar-refractivity contribution < 1.29 is 32.3 Å². The van der Waals surface area contributed by atoms with E-state index in [1.807, 2.05) is 0 Å². The van der Waals surface area contributed by atoms with Crippen LogP contribution in [0.25, 0.3) is 0 Å². The van der Waals surface area contributed by atoms with Gasteiger partial charge in [0.1, 0.15) is 10.6 Å². The van der Waals surface area contributed by atoms with Gasteiger partial charge in [-0.2, -0.15) is 0 Å². The summed E-state index contributed by atoms with van der Waals surface area (Å²) in [5.74, 6) is -1.93. The average Bonchev–Trinajstić information content (AvgIpc) is 2.72. The molecule has 11 heteroatoms. The van der Waals surface area contributed by atoms with E-state index in [9.17, 15) is 22.8 Å². The van der Waals surface area contributed by atoms with Gasteiger partial charge in [0.05, 0.1) is 17.7 Å². The molecule has 0 unspecified atom stereocenters.